The van der Waals surface area contributed by atoms with E-state index in [9.17, 15) is 4.79 Å². The van der Waals surface area contributed by atoms with Crippen molar-refractivity contribution in [2.45, 2.75) is 47.5 Å². The van der Waals surface area contributed by atoms with Crippen molar-refractivity contribution in [3.63, 3.8) is 0 Å². The summed E-state index contributed by atoms with van der Waals surface area (Å²) >= 11 is 0. The zero-order valence-corrected chi connectivity index (χ0v) is 15.9. The number of hydrogen-bond acceptors (Lipinski definition) is 1. The maximum atomic E-state index is 11.6. The number of fused-ring (bicyclic) bond motifs is 1. The molecule has 0 bridgehead atoms. The molecule has 2 aliphatic rings. The molecule has 1 amide bonds. The third kappa shape index (κ3) is 6.11. The van der Waals surface area contributed by atoms with Crippen molar-refractivity contribution in [2.24, 2.45) is 10.9 Å². The lowest BCUT2D eigenvalue weighted by Gasteiger charge is -2.22. The van der Waals surface area contributed by atoms with Crippen LogP contribution in [0.4, 0.5) is 0 Å². The van der Waals surface area contributed by atoms with Crippen molar-refractivity contribution in [3.05, 3.63) is 72.4 Å². The third-order valence-corrected chi connectivity index (χ3v) is 3.29. The van der Waals surface area contributed by atoms with E-state index in [4.69, 9.17) is 0 Å². The van der Waals surface area contributed by atoms with Crippen LogP contribution in [0.15, 0.2) is 71.8 Å². The average Bonchev–Trinajstić information content (AvgIpc) is 2.85. The zero-order valence-electron chi connectivity index (χ0n) is 15.9. The minimum absolute atomic E-state index is 0.153. The van der Waals surface area contributed by atoms with Gasteiger partial charge >= 0.3 is 0 Å². The number of carbonyl (C=O) groups excluding carboxylic acids is 1. The van der Waals surface area contributed by atoms with Crippen LogP contribution in [0.25, 0.3) is 0 Å². The number of carbonyl (C=O) groups is 1. The lowest BCUT2D eigenvalue weighted by atomic mass is 9.81. The SMILES string of the molecule is CC.CC.CC.O=C1C=CC(c2ccccc2)C2C=CC=CC2=N1. The van der Waals surface area contributed by atoms with E-state index < -0.39 is 0 Å². The van der Waals surface area contributed by atoms with Crippen LogP contribution in [0.5, 0.6) is 0 Å². The molecule has 0 saturated carbocycles. The van der Waals surface area contributed by atoms with Crippen LogP contribution in [0.2, 0.25) is 0 Å². The van der Waals surface area contributed by atoms with Gasteiger partial charge in [-0.15, -0.1) is 0 Å². The maximum Gasteiger partial charge on any atom is 0.269 e. The van der Waals surface area contributed by atoms with Gasteiger partial charge in [0.1, 0.15) is 0 Å². The van der Waals surface area contributed by atoms with Crippen molar-refractivity contribution in [1.82, 2.24) is 0 Å². The molecule has 130 valence electrons. The largest absolute Gasteiger partial charge is 0.269 e. The van der Waals surface area contributed by atoms with E-state index in [1.807, 2.05) is 84.0 Å². The Bertz CT molecular complexity index is 579. The lowest BCUT2D eigenvalue weighted by Crippen LogP contribution is -2.19. The van der Waals surface area contributed by atoms with Crippen molar-refractivity contribution in [2.75, 3.05) is 0 Å². The summed E-state index contributed by atoms with van der Waals surface area (Å²) in [7, 11) is 0. The fourth-order valence-corrected chi connectivity index (χ4v) is 2.43. The molecule has 1 heterocycles. The molecule has 2 unspecified atom stereocenters. The Morgan fingerprint density at radius 2 is 1.38 bits per heavy atom. The van der Waals surface area contributed by atoms with Crippen LogP contribution >= 0.6 is 0 Å². The van der Waals surface area contributed by atoms with Gasteiger partial charge in [0.15, 0.2) is 0 Å². The van der Waals surface area contributed by atoms with Gasteiger partial charge in [-0.05, 0) is 11.6 Å². The molecular formula is C22H31NO. The Hall–Kier alpha value is -2.22. The second kappa shape index (κ2) is 13.2. The van der Waals surface area contributed by atoms with Gasteiger partial charge < -0.3 is 0 Å². The summed E-state index contributed by atoms with van der Waals surface area (Å²) in [5.41, 5.74) is 2.06. The molecule has 2 heteroatoms. The Kier molecular flexibility index (Phi) is 12.0. The Labute approximate surface area is 147 Å². The first-order valence-electron chi connectivity index (χ1n) is 9.05. The third-order valence-electron chi connectivity index (χ3n) is 3.29. The zero-order chi connectivity index (χ0) is 18.4. The monoisotopic (exact) mass is 325 g/mol. The highest BCUT2D eigenvalue weighted by Gasteiger charge is 2.26. The number of rotatable bonds is 1. The summed E-state index contributed by atoms with van der Waals surface area (Å²) in [5.74, 6) is 0.158. The predicted octanol–water partition coefficient (Wildman–Crippen LogP) is 6.13. The average molecular weight is 325 g/mol. The van der Waals surface area contributed by atoms with E-state index in [0.29, 0.717) is 0 Å². The van der Waals surface area contributed by atoms with E-state index in [1.165, 1.54) is 5.56 Å². The standard InChI is InChI=1S/C16H13NO.3C2H6/c18-16-11-10-13(12-6-2-1-3-7-12)14-8-4-5-9-15(14)17-16;3*1-2/h1-11,13-14H;3*1-2H3. The highest BCUT2D eigenvalue weighted by atomic mass is 16.1. The lowest BCUT2D eigenvalue weighted by molar-refractivity contribution is -0.113. The fraction of sp³-hybridized carbons (Fsp3) is 0.364. The first-order chi connectivity index (χ1) is 11.8. The number of benzene rings is 1. The molecular weight excluding hydrogens is 294 g/mol. The van der Waals surface area contributed by atoms with Gasteiger partial charge in [-0.1, -0.05) is 96.2 Å². The molecule has 24 heavy (non-hydrogen) atoms. The normalized spacial score (nSPS) is 19.9. The van der Waals surface area contributed by atoms with Crippen LogP contribution in [0.1, 0.15) is 53.0 Å². The summed E-state index contributed by atoms with van der Waals surface area (Å²) < 4.78 is 0. The van der Waals surface area contributed by atoms with E-state index >= 15 is 0 Å². The van der Waals surface area contributed by atoms with Crippen LogP contribution in [-0.4, -0.2) is 11.6 Å². The molecule has 1 aromatic rings. The summed E-state index contributed by atoms with van der Waals surface area (Å²) in [4.78, 5) is 15.7. The van der Waals surface area contributed by atoms with Crippen LogP contribution < -0.4 is 0 Å². The number of allylic oxidation sites excluding steroid dienone is 5. The van der Waals surface area contributed by atoms with Gasteiger partial charge in [0.2, 0.25) is 0 Å². The smallest absolute Gasteiger partial charge is 0.267 e. The van der Waals surface area contributed by atoms with Gasteiger partial charge in [0.05, 0.1) is 5.71 Å². The predicted molar refractivity (Wildman–Crippen MR) is 107 cm³/mol. The molecule has 0 spiro atoms. The van der Waals surface area contributed by atoms with E-state index in [0.717, 1.165) is 5.71 Å². The Balaban J connectivity index is 0.000000798. The fourth-order valence-electron chi connectivity index (χ4n) is 2.43. The summed E-state index contributed by atoms with van der Waals surface area (Å²) in [6, 6.07) is 10.2. The highest BCUT2D eigenvalue weighted by molar-refractivity contribution is 6.09. The molecule has 0 radical (unpaired) electrons. The Morgan fingerprint density at radius 3 is 2.00 bits per heavy atom. The molecule has 0 N–H and O–H groups in total. The quantitative estimate of drug-likeness (QED) is 0.611. The van der Waals surface area contributed by atoms with Crippen LogP contribution in [0, 0.1) is 5.92 Å². The minimum Gasteiger partial charge on any atom is -0.267 e. The second-order valence-electron chi connectivity index (χ2n) is 4.44. The summed E-state index contributed by atoms with van der Waals surface area (Å²) in [6.45, 7) is 12.0. The van der Waals surface area contributed by atoms with E-state index in [-0.39, 0.29) is 17.7 Å². The molecule has 0 fully saturated rings. The number of amides is 1. The van der Waals surface area contributed by atoms with E-state index in [1.54, 1.807) is 6.08 Å². The van der Waals surface area contributed by atoms with E-state index in [2.05, 4.69) is 23.2 Å². The molecule has 2 atom stereocenters. The van der Waals surface area contributed by atoms with Crippen molar-refractivity contribution in [1.29, 1.82) is 0 Å². The van der Waals surface area contributed by atoms with Crippen molar-refractivity contribution in [3.8, 4) is 0 Å². The first kappa shape index (κ1) is 21.8. The molecule has 0 aromatic heterocycles. The van der Waals surface area contributed by atoms with Crippen LogP contribution in [0.3, 0.4) is 0 Å². The van der Waals surface area contributed by atoms with Crippen LogP contribution in [-0.2, 0) is 4.79 Å². The first-order valence-corrected chi connectivity index (χ1v) is 9.05. The molecule has 3 rings (SSSR count). The van der Waals surface area contributed by atoms with Gasteiger partial charge in [-0.25, -0.2) is 4.99 Å². The van der Waals surface area contributed by atoms with Crippen molar-refractivity contribution < 1.29 is 4.79 Å². The molecule has 1 aliphatic carbocycles. The molecule has 2 nitrogen and oxygen atoms in total. The van der Waals surface area contributed by atoms with Gasteiger partial charge in [-0.3, -0.25) is 4.79 Å². The molecule has 1 aromatic carbocycles. The molecule has 1 aliphatic heterocycles. The van der Waals surface area contributed by atoms with Gasteiger partial charge in [0, 0.05) is 17.9 Å². The topological polar surface area (TPSA) is 29.4 Å². The number of hydrogen-bond donors (Lipinski definition) is 0. The minimum atomic E-state index is -0.173. The van der Waals surface area contributed by atoms with Gasteiger partial charge in [-0.2, -0.15) is 0 Å². The number of nitrogens with zero attached hydrogens (tertiary/aromatic N) is 1. The number of aliphatic imine (C=N–C) groups is 1. The van der Waals surface area contributed by atoms with Crippen molar-refractivity contribution >= 4 is 11.6 Å². The Morgan fingerprint density at radius 1 is 0.750 bits per heavy atom. The molecule has 0 saturated heterocycles. The second-order valence-corrected chi connectivity index (χ2v) is 4.44. The highest BCUT2D eigenvalue weighted by Crippen LogP contribution is 2.32. The summed E-state index contributed by atoms with van der Waals surface area (Å²) in [5, 5.41) is 0. The van der Waals surface area contributed by atoms with Gasteiger partial charge in [0.25, 0.3) is 5.91 Å². The maximum absolute atomic E-state index is 11.6. The summed E-state index contributed by atoms with van der Waals surface area (Å²) in [6.07, 6.45) is 11.5.